The van der Waals surface area contributed by atoms with Gasteiger partial charge in [0.05, 0.1) is 11.7 Å². The Morgan fingerprint density at radius 2 is 1.95 bits per heavy atom. The van der Waals surface area contributed by atoms with E-state index in [0.717, 1.165) is 29.1 Å². The minimum Gasteiger partial charge on any atom is -0.322 e. The second-order valence-electron chi connectivity index (χ2n) is 5.03. The minimum atomic E-state index is 0.0687. The molecule has 3 rings (SSSR count). The molecule has 0 bridgehead atoms. The fourth-order valence-corrected chi connectivity index (χ4v) is 3.24. The van der Waals surface area contributed by atoms with E-state index in [1.54, 1.807) is 11.3 Å². The summed E-state index contributed by atoms with van der Waals surface area (Å²) in [5.41, 5.74) is 8.33. The summed E-state index contributed by atoms with van der Waals surface area (Å²) >= 11 is 1.66. The van der Waals surface area contributed by atoms with Crippen molar-refractivity contribution in [3.8, 4) is 11.3 Å². The third kappa shape index (κ3) is 2.60. The van der Waals surface area contributed by atoms with E-state index in [-0.39, 0.29) is 6.04 Å². The number of nitrogens with two attached hydrogens (primary N) is 1. The molecule has 3 heteroatoms. The number of nitrogens with zero attached hydrogens (tertiary/aromatic N) is 1. The molecule has 0 fully saturated rings. The zero-order valence-electron chi connectivity index (χ0n) is 11.5. The second kappa shape index (κ2) is 5.73. The lowest BCUT2D eigenvalue weighted by Crippen LogP contribution is -2.09. The normalized spacial score (nSPS) is 12.7. The number of hydrogen-bond acceptors (Lipinski definition) is 3. The summed E-state index contributed by atoms with van der Waals surface area (Å²) < 4.78 is 0. The van der Waals surface area contributed by atoms with Crippen molar-refractivity contribution in [1.82, 2.24) is 4.98 Å². The van der Waals surface area contributed by atoms with E-state index < -0.39 is 0 Å². The first kappa shape index (κ1) is 13.3. The molecular weight excluding hydrogens is 264 g/mol. The first-order valence-electron chi connectivity index (χ1n) is 6.98. The fourth-order valence-electron chi connectivity index (χ4n) is 2.37. The summed E-state index contributed by atoms with van der Waals surface area (Å²) in [4.78, 5) is 4.70. The van der Waals surface area contributed by atoms with E-state index in [4.69, 9.17) is 10.7 Å². The van der Waals surface area contributed by atoms with Crippen LogP contribution in [0.15, 0.2) is 47.8 Å². The Hall–Kier alpha value is -1.71. The predicted molar refractivity (Wildman–Crippen MR) is 86.9 cm³/mol. The Morgan fingerprint density at radius 1 is 1.15 bits per heavy atom. The molecule has 1 atom stereocenters. The smallest absolute Gasteiger partial charge is 0.110 e. The standard InChI is InChI=1S/C17H18N2S/c1-2-5-15(18)17-19-16(11-20-17)14-9-8-12-6-3-4-7-13(12)10-14/h3-4,6-11,15H,2,5,18H2,1H3. The van der Waals surface area contributed by atoms with Crippen molar-refractivity contribution in [2.45, 2.75) is 25.8 Å². The van der Waals surface area contributed by atoms with E-state index in [2.05, 4.69) is 54.8 Å². The van der Waals surface area contributed by atoms with Crippen molar-refractivity contribution >= 4 is 22.1 Å². The van der Waals surface area contributed by atoms with E-state index in [0.29, 0.717) is 0 Å². The molecule has 0 aliphatic carbocycles. The highest BCUT2D eigenvalue weighted by Crippen LogP contribution is 2.28. The molecule has 2 nitrogen and oxygen atoms in total. The zero-order valence-corrected chi connectivity index (χ0v) is 12.4. The maximum atomic E-state index is 6.14. The van der Waals surface area contributed by atoms with E-state index in [1.165, 1.54) is 10.8 Å². The molecule has 1 aromatic heterocycles. The fraction of sp³-hybridized carbons (Fsp3) is 0.235. The van der Waals surface area contributed by atoms with Crippen LogP contribution in [0.25, 0.3) is 22.0 Å². The molecule has 0 spiro atoms. The average molecular weight is 282 g/mol. The van der Waals surface area contributed by atoms with Gasteiger partial charge in [0.2, 0.25) is 0 Å². The van der Waals surface area contributed by atoms with Crippen LogP contribution in [0.5, 0.6) is 0 Å². The van der Waals surface area contributed by atoms with Crippen molar-refractivity contribution in [2.75, 3.05) is 0 Å². The van der Waals surface area contributed by atoms with Gasteiger partial charge in [0, 0.05) is 10.9 Å². The summed E-state index contributed by atoms with van der Waals surface area (Å²) in [5.74, 6) is 0. The van der Waals surface area contributed by atoms with Crippen LogP contribution in [-0.2, 0) is 0 Å². The number of hydrogen-bond donors (Lipinski definition) is 1. The lowest BCUT2D eigenvalue weighted by atomic mass is 10.1. The van der Waals surface area contributed by atoms with Gasteiger partial charge in [-0.2, -0.15) is 0 Å². The third-order valence-electron chi connectivity index (χ3n) is 3.48. The van der Waals surface area contributed by atoms with Crippen LogP contribution in [0.4, 0.5) is 0 Å². The molecule has 0 saturated heterocycles. The molecular formula is C17H18N2S. The number of aromatic nitrogens is 1. The lowest BCUT2D eigenvalue weighted by Gasteiger charge is -2.05. The van der Waals surface area contributed by atoms with Crippen molar-refractivity contribution in [3.63, 3.8) is 0 Å². The molecule has 1 heterocycles. The van der Waals surface area contributed by atoms with Gasteiger partial charge >= 0.3 is 0 Å². The van der Waals surface area contributed by atoms with Crippen molar-refractivity contribution < 1.29 is 0 Å². The molecule has 20 heavy (non-hydrogen) atoms. The van der Waals surface area contributed by atoms with Gasteiger partial charge in [0.15, 0.2) is 0 Å². The quantitative estimate of drug-likeness (QED) is 0.749. The molecule has 102 valence electrons. The van der Waals surface area contributed by atoms with Gasteiger partial charge in [0.25, 0.3) is 0 Å². The van der Waals surface area contributed by atoms with Gasteiger partial charge in [0.1, 0.15) is 5.01 Å². The van der Waals surface area contributed by atoms with Gasteiger partial charge in [-0.25, -0.2) is 4.98 Å². The summed E-state index contributed by atoms with van der Waals surface area (Å²) in [5, 5.41) is 5.65. The van der Waals surface area contributed by atoms with E-state index in [9.17, 15) is 0 Å². The van der Waals surface area contributed by atoms with Gasteiger partial charge < -0.3 is 5.73 Å². The van der Waals surface area contributed by atoms with Crippen LogP contribution in [-0.4, -0.2) is 4.98 Å². The highest BCUT2D eigenvalue weighted by molar-refractivity contribution is 7.10. The Bertz CT molecular complexity index is 718. The first-order valence-corrected chi connectivity index (χ1v) is 7.86. The molecule has 1 unspecified atom stereocenters. The van der Waals surface area contributed by atoms with Crippen molar-refractivity contribution in [1.29, 1.82) is 0 Å². The molecule has 0 amide bonds. The Labute approximate surface area is 123 Å². The predicted octanol–water partition coefficient (Wildman–Crippen LogP) is 4.76. The van der Waals surface area contributed by atoms with Crippen LogP contribution < -0.4 is 5.73 Å². The highest BCUT2D eigenvalue weighted by atomic mass is 32.1. The number of benzene rings is 2. The molecule has 0 aliphatic heterocycles. The van der Waals surface area contributed by atoms with Gasteiger partial charge in [-0.1, -0.05) is 49.7 Å². The number of rotatable bonds is 4. The summed E-state index contributed by atoms with van der Waals surface area (Å²) in [6.45, 7) is 2.15. The van der Waals surface area contributed by atoms with Gasteiger partial charge in [-0.05, 0) is 23.3 Å². The maximum Gasteiger partial charge on any atom is 0.110 e. The molecule has 0 aliphatic rings. The average Bonchev–Trinajstić information content (AvgIpc) is 2.97. The van der Waals surface area contributed by atoms with Crippen LogP contribution in [0.2, 0.25) is 0 Å². The second-order valence-corrected chi connectivity index (χ2v) is 5.92. The Morgan fingerprint density at radius 3 is 2.75 bits per heavy atom. The Balaban J connectivity index is 1.94. The molecule has 2 aromatic carbocycles. The van der Waals surface area contributed by atoms with E-state index in [1.807, 2.05) is 0 Å². The summed E-state index contributed by atoms with van der Waals surface area (Å²) in [6, 6.07) is 14.9. The summed E-state index contributed by atoms with van der Waals surface area (Å²) in [6.07, 6.45) is 2.08. The zero-order chi connectivity index (χ0) is 13.9. The SMILES string of the molecule is CCCC(N)c1nc(-c2ccc3ccccc3c2)cs1. The highest BCUT2D eigenvalue weighted by Gasteiger charge is 2.11. The van der Waals surface area contributed by atoms with Crippen LogP contribution in [0.3, 0.4) is 0 Å². The molecule has 2 N–H and O–H groups in total. The summed E-state index contributed by atoms with van der Waals surface area (Å²) in [7, 11) is 0. The number of thiazole rings is 1. The van der Waals surface area contributed by atoms with Crippen LogP contribution in [0.1, 0.15) is 30.8 Å². The topological polar surface area (TPSA) is 38.9 Å². The van der Waals surface area contributed by atoms with Crippen molar-refractivity contribution in [3.05, 3.63) is 52.9 Å². The van der Waals surface area contributed by atoms with Crippen molar-refractivity contribution in [2.24, 2.45) is 5.73 Å². The minimum absolute atomic E-state index is 0.0687. The maximum absolute atomic E-state index is 6.14. The molecule has 0 saturated carbocycles. The van der Waals surface area contributed by atoms with Crippen LogP contribution >= 0.6 is 11.3 Å². The molecule has 3 aromatic rings. The largest absolute Gasteiger partial charge is 0.322 e. The Kier molecular flexibility index (Phi) is 3.81. The lowest BCUT2D eigenvalue weighted by molar-refractivity contribution is 0.635. The number of fused-ring (bicyclic) bond motifs is 1. The van der Waals surface area contributed by atoms with E-state index >= 15 is 0 Å². The third-order valence-corrected chi connectivity index (χ3v) is 4.46. The molecule has 0 radical (unpaired) electrons. The van der Waals surface area contributed by atoms with Gasteiger partial charge in [-0.3, -0.25) is 0 Å². The van der Waals surface area contributed by atoms with Gasteiger partial charge in [-0.15, -0.1) is 11.3 Å². The van der Waals surface area contributed by atoms with Crippen LogP contribution in [0, 0.1) is 0 Å². The first-order chi connectivity index (χ1) is 9.78. The monoisotopic (exact) mass is 282 g/mol.